The molecule has 0 N–H and O–H groups in total. The summed E-state index contributed by atoms with van der Waals surface area (Å²) in [5.74, 6) is 3.00. The van der Waals surface area contributed by atoms with Crippen LogP contribution in [0.5, 0.6) is 0 Å². The molecule has 0 amide bonds. The molecule has 0 saturated carbocycles. The zero-order valence-corrected chi connectivity index (χ0v) is 7.37. The summed E-state index contributed by atoms with van der Waals surface area (Å²) in [6.45, 7) is 5.58. The molecule has 0 bridgehead atoms. The van der Waals surface area contributed by atoms with E-state index in [1.54, 1.807) is 0 Å². The van der Waals surface area contributed by atoms with Crippen LogP contribution in [-0.4, -0.2) is 11.7 Å². The van der Waals surface area contributed by atoms with E-state index in [1.165, 1.54) is 11.7 Å². The van der Waals surface area contributed by atoms with Crippen molar-refractivity contribution in [2.75, 3.05) is 0 Å². The van der Waals surface area contributed by atoms with Gasteiger partial charge in [0.1, 0.15) is 0 Å². The monoisotopic (exact) mass is 158 g/mol. The molecular formula is C6H10N2Ti. The van der Waals surface area contributed by atoms with Gasteiger partial charge in [-0.25, -0.2) is 0 Å². The van der Waals surface area contributed by atoms with E-state index >= 15 is 0 Å². The SMILES string of the molecule is C=C=[N-].C=C=[N-].[CH3-].[CH3-].[Ti+4]. The molecule has 0 heterocycles. The normalized spacial score (nSPS) is 1.78. The largest absolute Gasteiger partial charge is 4.00 e. The maximum absolute atomic E-state index is 7.21. The van der Waals surface area contributed by atoms with Crippen molar-refractivity contribution in [2.24, 2.45) is 0 Å². The average molecular weight is 158 g/mol. The summed E-state index contributed by atoms with van der Waals surface area (Å²) in [6, 6.07) is 0. The Hall–Kier alpha value is -0.386. The van der Waals surface area contributed by atoms with E-state index in [9.17, 15) is 0 Å². The first-order valence-corrected chi connectivity index (χ1v) is 1.15. The third-order valence-corrected chi connectivity index (χ3v) is 0. The first-order chi connectivity index (χ1) is 2.83. The standard InChI is InChI=1S/2C2H2N.2CH3.Ti/c2*1-2-3;;;/h2*1H2;2*1H3;/q4*-1;+4. The topological polar surface area (TPSA) is 44.6 Å². The third-order valence-electron chi connectivity index (χ3n) is 0. The van der Waals surface area contributed by atoms with Crippen LogP contribution in [0.4, 0.5) is 0 Å². The van der Waals surface area contributed by atoms with Crippen LogP contribution in [0, 0.1) is 14.9 Å². The molecule has 0 aliphatic rings. The summed E-state index contributed by atoms with van der Waals surface area (Å²) in [4.78, 5) is 0. The van der Waals surface area contributed by atoms with Gasteiger partial charge in [0.15, 0.2) is 0 Å². The quantitative estimate of drug-likeness (QED) is 0.292. The Kier molecular flexibility index (Phi) is 543. The molecule has 0 spiro atoms. The molecule has 48 valence electrons. The van der Waals surface area contributed by atoms with E-state index in [2.05, 4.69) is 13.2 Å². The van der Waals surface area contributed by atoms with Gasteiger partial charge in [0.25, 0.3) is 0 Å². The predicted octanol–water partition coefficient (Wildman–Crippen LogP) is 1.72. The average Bonchev–Trinajstić information content (AvgIpc) is 1.39. The number of rotatable bonds is 0. The van der Waals surface area contributed by atoms with Gasteiger partial charge in [-0.15, -0.1) is 0 Å². The van der Waals surface area contributed by atoms with Gasteiger partial charge < -0.3 is 25.7 Å². The van der Waals surface area contributed by atoms with Crippen molar-refractivity contribution in [3.8, 4) is 0 Å². The molecule has 0 radical (unpaired) electrons. The van der Waals surface area contributed by atoms with E-state index < -0.39 is 0 Å². The Bertz CT molecular complexity index is 65.1. The Morgan fingerprint density at radius 2 is 0.889 bits per heavy atom. The summed E-state index contributed by atoms with van der Waals surface area (Å²) in [5, 5.41) is 14.4. The fraction of sp³-hybridized carbons (Fsp3) is 0. The van der Waals surface area contributed by atoms with Gasteiger partial charge in [-0.05, 0) is 0 Å². The van der Waals surface area contributed by atoms with Crippen molar-refractivity contribution in [3.63, 3.8) is 0 Å². The van der Waals surface area contributed by atoms with Crippen molar-refractivity contribution in [3.05, 3.63) is 38.8 Å². The first kappa shape index (κ1) is 38.2. The van der Waals surface area contributed by atoms with Crippen molar-refractivity contribution < 1.29 is 21.7 Å². The van der Waals surface area contributed by atoms with Gasteiger partial charge in [-0.1, -0.05) is 13.2 Å². The zero-order valence-electron chi connectivity index (χ0n) is 5.81. The van der Waals surface area contributed by atoms with Gasteiger partial charge in [-0.2, -0.15) is 0 Å². The molecule has 0 aromatic rings. The van der Waals surface area contributed by atoms with E-state index in [0.29, 0.717) is 0 Å². The molecule has 0 atom stereocenters. The van der Waals surface area contributed by atoms with Crippen LogP contribution in [0.25, 0.3) is 10.8 Å². The van der Waals surface area contributed by atoms with Crippen LogP contribution in [0.3, 0.4) is 0 Å². The van der Waals surface area contributed by atoms with Gasteiger partial charge in [0, 0.05) is 0 Å². The molecule has 0 aromatic carbocycles. The Morgan fingerprint density at radius 3 is 0.889 bits per heavy atom. The molecule has 0 unspecified atom stereocenters. The summed E-state index contributed by atoms with van der Waals surface area (Å²) in [5.41, 5.74) is 0. The Balaban J connectivity index is -0.00000000889. The molecule has 0 saturated heterocycles. The minimum Gasteiger partial charge on any atom is -0.764 e. The molecule has 3 heteroatoms. The summed E-state index contributed by atoms with van der Waals surface area (Å²) >= 11 is 0. The molecule has 2 nitrogen and oxygen atoms in total. The van der Waals surface area contributed by atoms with Crippen LogP contribution in [0.1, 0.15) is 0 Å². The molecule has 0 aromatic heterocycles. The molecule has 0 fully saturated rings. The summed E-state index contributed by atoms with van der Waals surface area (Å²) in [7, 11) is 0. The maximum atomic E-state index is 7.21. The van der Waals surface area contributed by atoms with Crippen LogP contribution in [0.2, 0.25) is 0 Å². The van der Waals surface area contributed by atoms with Crippen molar-refractivity contribution in [2.45, 2.75) is 0 Å². The van der Waals surface area contributed by atoms with Crippen molar-refractivity contribution in [1.29, 1.82) is 0 Å². The van der Waals surface area contributed by atoms with E-state index in [-0.39, 0.29) is 36.6 Å². The van der Waals surface area contributed by atoms with Crippen molar-refractivity contribution in [1.82, 2.24) is 0 Å². The molecule has 9 heavy (non-hydrogen) atoms. The van der Waals surface area contributed by atoms with Gasteiger partial charge in [-0.3, -0.25) is 11.7 Å². The van der Waals surface area contributed by atoms with Crippen LogP contribution < -0.4 is 0 Å². The van der Waals surface area contributed by atoms with E-state index in [0.717, 1.165) is 0 Å². The Morgan fingerprint density at radius 1 is 0.889 bits per heavy atom. The number of hydrogen-bond donors (Lipinski definition) is 0. The number of nitrogens with zero attached hydrogens (tertiary/aromatic N) is 2. The molecule has 0 aliphatic carbocycles. The zero-order chi connectivity index (χ0) is 5.41. The second-order valence-electron chi connectivity index (χ2n) is 0.316. The number of hydrogen-bond acceptors (Lipinski definition) is 0. The van der Waals surface area contributed by atoms with E-state index in [4.69, 9.17) is 10.8 Å². The third kappa shape index (κ3) is 1610. The minimum absolute atomic E-state index is 0. The van der Waals surface area contributed by atoms with Gasteiger partial charge in [0.05, 0.1) is 0 Å². The van der Waals surface area contributed by atoms with E-state index in [1.807, 2.05) is 0 Å². The van der Waals surface area contributed by atoms with Crippen LogP contribution in [-0.2, 0) is 21.7 Å². The molecule has 0 rings (SSSR count). The Labute approximate surface area is 72.6 Å². The second kappa shape index (κ2) is 128. The summed E-state index contributed by atoms with van der Waals surface area (Å²) < 4.78 is 0. The van der Waals surface area contributed by atoms with Crippen LogP contribution in [0.15, 0.2) is 13.2 Å². The maximum Gasteiger partial charge on any atom is 4.00 e. The molecule has 0 aliphatic heterocycles. The second-order valence-corrected chi connectivity index (χ2v) is 0.316. The van der Waals surface area contributed by atoms with Crippen LogP contribution >= 0.6 is 0 Å². The fourth-order valence-electron chi connectivity index (χ4n) is 0. The molecular weight excluding hydrogens is 148 g/mol. The summed E-state index contributed by atoms with van der Waals surface area (Å²) in [6.07, 6.45) is 0. The fourth-order valence-corrected chi connectivity index (χ4v) is 0. The predicted molar refractivity (Wildman–Crippen MR) is 40.8 cm³/mol. The van der Waals surface area contributed by atoms with Gasteiger partial charge >= 0.3 is 21.7 Å². The van der Waals surface area contributed by atoms with Gasteiger partial charge in [0.2, 0.25) is 0 Å². The smallest absolute Gasteiger partial charge is 0.764 e. The van der Waals surface area contributed by atoms with Crippen molar-refractivity contribution >= 4 is 11.7 Å². The first-order valence-electron chi connectivity index (χ1n) is 1.15. The minimum atomic E-state index is 0.